The summed E-state index contributed by atoms with van der Waals surface area (Å²) in [5.74, 6) is 0.274. The van der Waals surface area contributed by atoms with Gasteiger partial charge in [0.05, 0.1) is 0 Å². The Hall–Kier alpha value is -1.96. The van der Waals surface area contributed by atoms with E-state index in [2.05, 4.69) is 37.0 Å². The van der Waals surface area contributed by atoms with Gasteiger partial charge in [0.25, 0.3) is 0 Å². The van der Waals surface area contributed by atoms with E-state index >= 15 is 0 Å². The average molecular weight is 253 g/mol. The second kappa shape index (κ2) is 6.28. The number of rotatable bonds is 5. The molecule has 0 bridgehead atoms. The van der Waals surface area contributed by atoms with Crippen molar-refractivity contribution in [2.24, 2.45) is 0 Å². The van der Waals surface area contributed by atoms with Gasteiger partial charge in [-0.2, -0.15) is 0 Å². The number of hydrogen-bond acceptors (Lipinski definition) is 2. The molecule has 0 N–H and O–H groups in total. The predicted molar refractivity (Wildman–Crippen MR) is 77.2 cm³/mol. The largest absolute Gasteiger partial charge is 0.299 e. The van der Waals surface area contributed by atoms with E-state index in [1.54, 1.807) is 6.20 Å². The highest BCUT2D eigenvalue weighted by Gasteiger charge is 2.06. The van der Waals surface area contributed by atoms with Crippen LogP contribution in [0.1, 0.15) is 28.8 Å². The van der Waals surface area contributed by atoms with Gasteiger partial charge in [-0.1, -0.05) is 35.4 Å². The number of nitrogens with zero attached hydrogens (tertiary/aromatic N) is 1. The third-order valence-corrected chi connectivity index (χ3v) is 3.07. The number of aryl methyl sites for hydroxylation is 3. The van der Waals surface area contributed by atoms with E-state index in [1.165, 1.54) is 11.1 Å². The fraction of sp³-hybridized carbons (Fsp3) is 0.294. The maximum atomic E-state index is 12.0. The first-order valence-electron chi connectivity index (χ1n) is 6.62. The Kier molecular flexibility index (Phi) is 4.45. The second-order valence-corrected chi connectivity index (χ2v) is 5.03. The molecule has 0 radical (unpaired) electrons. The minimum Gasteiger partial charge on any atom is -0.299 e. The van der Waals surface area contributed by atoms with Crippen molar-refractivity contribution in [3.8, 4) is 0 Å². The Morgan fingerprint density at radius 3 is 2.47 bits per heavy atom. The third kappa shape index (κ3) is 4.32. The van der Waals surface area contributed by atoms with Gasteiger partial charge in [0.2, 0.25) is 0 Å². The zero-order valence-electron chi connectivity index (χ0n) is 11.5. The molecule has 98 valence electrons. The number of carbonyl (C=O) groups excluding carboxylic acids is 1. The number of carbonyl (C=O) groups is 1. The first-order chi connectivity index (χ1) is 9.13. The normalized spacial score (nSPS) is 10.4. The lowest BCUT2D eigenvalue weighted by molar-refractivity contribution is -0.118. The molecule has 2 nitrogen and oxygen atoms in total. The molecule has 0 fully saturated rings. The summed E-state index contributed by atoms with van der Waals surface area (Å²) >= 11 is 0. The standard InChI is InChI=1S/C17H19NO/c1-13-9-14(2)11-15(10-13)12-17(19)7-6-16-5-3-4-8-18-16/h3-5,8-11H,6-7,12H2,1-2H3. The Morgan fingerprint density at radius 2 is 1.84 bits per heavy atom. The molecule has 2 heteroatoms. The van der Waals surface area contributed by atoms with E-state index in [9.17, 15) is 4.79 Å². The molecular weight excluding hydrogens is 234 g/mol. The van der Waals surface area contributed by atoms with Crippen molar-refractivity contribution >= 4 is 5.78 Å². The summed E-state index contributed by atoms with van der Waals surface area (Å²) in [5.41, 5.74) is 4.53. The van der Waals surface area contributed by atoms with Crippen LogP contribution in [0.5, 0.6) is 0 Å². The van der Waals surface area contributed by atoms with Crippen LogP contribution in [0.2, 0.25) is 0 Å². The van der Waals surface area contributed by atoms with Crippen molar-refractivity contribution in [1.82, 2.24) is 4.98 Å². The van der Waals surface area contributed by atoms with Gasteiger partial charge in [-0.15, -0.1) is 0 Å². The van der Waals surface area contributed by atoms with Crippen molar-refractivity contribution < 1.29 is 4.79 Å². The summed E-state index contributed by atoms with van der Waals surface area (Å²) in [6.45, 7) is 4.13. The third-order valence-electron chi connectivity index (χ3n) is 3.07. The molecule has 2 rings (SSSR count). The van der Waals surface area contributed by atoms with Crippen LogP contribution >= 0.6 is 0 Å². The summed E-state index contributed by atoms with van der Waals surface area (Å²) in [5, 5.41) is 0. The summed E-state index contributed by atoms with van der Waals surface area (Å²) in [6.07, 6.45) is 3.58. The molecule has 0 aliphatic carbocycles. The van der Waals surface area contributed by atoms with Gasteiger partial charge >= 0.3 is 0 Å². The fourth-order valence-corrected chi connectivity index (χ4v) is 2.30. The van der Waals surface area contributed by atoms with Gasteiger partial charge in [0.15, 0.2) is 0 Å². The molecule has 0 spiro atoms. The SMILES string of the molecule is Cc1cc(C)cc(CC(=O)CCc2ccccn2)c1. The number of aromatic nitrogens is 1. The fourth-order valence-electron chi connectivity index (χ4n) is 2.30. The number of benzene rings is 1. The molecule has 0 amide bonds. The first kappa shape index (κ1) is 13.5. The first-order valence-corrected chi connectivity index (χ1v) is 6.62. The Morgan fingerprint density at radius 1 is 1.11 bits per heavy atom. The van der Waals surface area contributed by atoms with Crippen LogP contribution in [0.4, 0.5) is 0 Å². The van der Waals surface area contributed by atoms with E-state index in [0.717, 1.165) is 17.7 Å². The van der Waals surface area contributed by atoms with Gasteiger partial charge in [-0.25, -0.2) is 0 Å². The molecular formula is C17H19NO. The van der Waals surface area contributed by atoms with Gasteiger partial charge in [-0.05, 0) is 38.0 Å². The van der Waals surface area contributed by atoms with Crippen LogP contribution in [0.25, 0.3) is 0 Å². The van der Waals surface area contributed by atoms with Crippen molar-refractivity contribution in [2.45, 2.75) is 33.1 Å². The van der Waals surface area contributed by atoms with Crippen LogP contribution in [0.3, 0.4) is 0 Å². The summed E-state index contributed by atoms with van der Waals surface area (Å²) in [4.78, 5) is 16.2. The average Bonchev–Trinajstić information content (AvgIpc) is 2.36. The van der Waals surface area contributed by atoms with Gasteiger partial charge in [0, 0.05) is 24.7 Å². The van der Waals surface area contributed by atoms with E-state index in [4.69, 9.17) is 0 Å². The molecule has 1 heterocycles. The van der Waals surface area contributed by atoms with E-state index < -0.39 is 0 Å². The molecule has 2 aromatic rings. The van der Waals surface area contributed by atoms with Crippen molar-refractivity contribution in [3.63, 3.8) is 0 Å². The maximum absolute atomic E-state index is 12.0. The van der Waals surface area contributed by atoms with E-state index in [1.807, 2.05) is 18.2 Å². The molecule has 19 heavy (non-hydrogen) atoms. The topological polar surface area (TPSA) is 30.0 Å². The smallest absolute Gasteiger partial charge is 0.137 e. The molecule has 0 saturated carbocycles. The lowest BCUT2D eigenvalue weighted by Crippen LogP contribution is -2.05. The number of hydrogen-bond donors (Lipinski definition) is 0. The van der Waals surface area contributed by atoms with Crippen molar-refractivity contribution in [1.29, 1.82) is 0 Å². The highest BCUT2D eigenvalue weighted by molar-refractivity contribution is 5.81. The van der Waals surface area contributed by atoms with Crippen LogP contribution in [0.15, 0.2) is 42.6 Å². The summed E-state index contributed by atoms with van der Waals surface area (Å²) in [7, 11) is 0. The highest BCUT2D eigenvalue weighted by atomic mass is 16.1. The number of pyridine rings is 1. The van der Waals surface area contributed by atoms with Crippen molar-refractivity contribution in [2.75, 3.05) is 0 Å². The van der Waals surface area contributed by atoms with E-state index in [-0.39, 0.29) is 5.78 Å². The van der Waals surface area contributed by atoms with Crippen molar-refractivity contribution in [3.05, 3.63) is 65.0 Å². The van der Waals surface area contributed by atoms with Gasteiger partial charge in [0.1, 0.15) is 5.78 Å². The maximum Gasteiger partial charge on any atom is 0.137 e. The molecule has 0 unspecified atom stereocenters. The van der Waals surface area contributed by atoms with Gasteiger partial charge < -0.3 is 0 Å². The zero-order valence-corrected chi connectivity index (χ0v) is 11.5. The lowest BCUT2D eigenvalue weighted by atomic mass is 10.0. The molecule has 0 aliphatic heterocycles. The quantitative estimate of drug-likeness (QED) is 0.817. The van der Waals surface area contributed by atoms with Crippen LogP contribution in [-0.4, -0.2) is 10.8 Å². The van der Waals surface area contributed by atoms with E-state index in [0.29, 0.717) is 12.8 Å². The highest BCUT2D eigenvalue weighted by Crippen LogP contribution is 2.11. The zero-order chi connectivity index (χ0) is 13.7. The molecule has 0 aliphatic rings. The molecule has 0 atom stereocenters. The number of Topliss-reactive ketones (excluding diaryl/α,β-unsaturated/α-hetero) is 1. The summed E-state index contributed by atoms with van der Waals surface area (Å²) in [6, 6.07) is 12.1. The minimum atomic E-state index is 0.274. The Balaban J connectivity index is 1.91. The monoisotopic (exact) mass is 253 g/mol. The van der Waals surface area contributed by atoms with Gasteiger partial charge in [-0.3, -0.25) is 9.78 Å². The van der Waals surface area contributed by atoms with Crippen LogP contribution in [-0.2, 0) is 17.6 Å². The minimum absolute atomic E-state index is 0.274. The van der Waals surface area contributed by atoms with Crippen LogP contribution in [0, 0.1) is 13.8 Å². The Labute approximate surface area is 114 Å². The lowest BCUT2D eigenvalue weighted by Gasteiger charge is -2.04. The predicted octanol–water partition coefficient (Wildman–Crippen LogP) is 3.44. The molecule has 1 aromatic carbocycles. The number of ketones is 1. The Bertz CT molecular complexity index is 540. The summed E-state index contributed by atoms with van der Waals surface area (Å²) < 4.78 is 0. The van der Waals surface area contributed by atoms with Crippen LogP contribution < -0.4 is 0 Å². The molecule has 0 saturated heterocycles. The second-order valence-electron chi connectivity index (χ2n) is 5.03. The molecule has 1 aromatic heterocycles.